The maximum Gasteiger partial charge on any atom is 0.407 e. The Morgan fingerprint density at radius 2 is 1.55 bits per heavy atom. The largest absolute Gasteiger partial charge is 0.450 e. The molecule has 1 saturated heterocycles. The van der Waals surface area contributed by atoms with E-state index in [2.05, 4.69) is 16.0 Å². The molecular formula is C56H70N4O13. The first kappa shape index (κ1) is 53.1. The van der Waals surface area contributed by atoms with Crippen LogP contribution >= 0.6 is 0 Å². The zero-order valence-corrected chi connectivity index (χ0v) is 43.0. The van der Waals surface area contributed by atoms with E-state index >= 15 is 0 Å². The fourth-order valence-corrected chi connectivity index (χ4v) is 13.6. The Bertz CT molecular complexity index is 2580. The molecule has 13 atom stereocenters. The number of fused-ring (bicyclic) bond motifs is 8. The number of nitrogens with zero attached hydrogens (tertiary/aromatic N) is 1. The van der Waals surface area contributed by atoms with Gasteiger partial charge in [-0.05, 0) is 110 Å². The molecule has 5 aliphatic carbocycles. The van der Waals surface area contributed by atoms with Gasteiger partial charge < -0.3 is 45.3 Å². The first-order chi connectivity index (χ1) is 34.6. The maximum atomic E-state index is 14.8. The van der Waals surface area contributed by atoms with Crippen LogP contribution in [0.4, 0.5) is 4.79 Å². The van der Waals surface area contributed by atoms with E-state index in [0.29, 0.717) is 19.3 Å². The van der Waals surface area contributed by atoms with E-state index in [1.807, 2.05) is 68.5 Å². The summed E-state index contributed by atoms with van der Waals surface area (Å²) in [6.45, 7) is 13.8. The van der Waals surface area contributed by atoms with Gasteiger partial charge in [-0.3, -0.25) is 28.8 Å². The highest BCUT2D eigenvalue weighted by Gasteiger charge is 2.72. The minimum atomic E-state index is -2.42. The molecule has 17 heteroatoms. The molecule has 392 valence electrons. The van der Waals surface area contributed by atoms with Gasteiger partial charge >= 0.3 is 18.0 Å². The third kappa shape index (κ3) is 9.51. The van der Waals surface area contributed by atoms with E-state index < -0.39 is 100 Å². The van der Waals surface area contributed by atoms with Gasteiger partial charge in [0.1, 0.15) is 30.8 Å². The minimum Gasteiger partial charge on any atom is -0.450 e. The molecule has 4 unspecified atom stereocenters. The Balaban J connectivity index is 0.879. The predicted octanol–water partition coefficient (Wildman–Crippen LogP) is 5.20. The number of amides is 4. The Morgan fingerprint density at radius 3 is 2.19 bits per heavy atom. The van der Waals surface area contributed by atoms with Crippen molar-refractivity contribution in [3.05, 3.63) is 83.5 Å². The number of esters is 2. The number of carbonyl (C=O) groups is 8. The van der Waals surface area contributed by atoms with Crippen molar-refractivity contribution in [2.45, 2.75) is 148 Å². The van der Waals surface area contributed by atoms with Gasteiger partial charge in [0.2, 0.25) is 23.5 Å². The van der Waals surface area contributed by atoms with E-state index in [1.54, 1.807) is 33.8 Å². The van der Waals surface area contributed by atoms with Crippen LogP contribution in [0.25, 0.3) is 11.1 Å². The van der Waals surface area contributed by atoms with Crippen LogP contribution in [0.15, 0.2) is 72.3 Å². The Labute approximate surface area is 426 Å². The summed E-state index contributed by atoms with van der Waals surface area (Å²) in [5.41, 5.74) is 1.38. The van der Waals surface area contributed by atoms with Gasteiger partial charge in [-0.15, -0.1) is 0 Å². The van der Waals surface area contributed by atoms with Gasteiger partial charge in [0.05, 0.1) is 6.10 Å². The summed E-state index contributed by atoms with van der Waals surface area (Å²) in [6.07, 6.45) is 2.52. The number of alkyl carbamates (subject to hydrolysis) is 1. The molecule has 0 radical (unpaired) electrons. The molecule has 0 spiro atoms. The number of allylic oxidation sites excluding steroid dienone is 4. The van der Waals surface area contributed by atoms with E-state index in [4.69, 9.17) is 14.2 Å². The number of nitrogens with one attached hydrogen (secondary N) is 3. The normalized spacial score (nSPS) is 30.5. The van der Waals surface area contributed by atoms with Gasteiger partial charge in [-0.25, -0.2) is 9.59 Å². The topological polar surface area (TPSA) is 244 Å². The lowest BCUT2D eigenvalue weighted by Gasteiger charge is -2.61. The molecule has 1 heterocycles. The van der Waals surface area contributed by atoms with E-state index in [1.165, 1.54) is 24.8 Å². The SMILES string of the molecule is CCC(=O)O[C@]1(C(=O)C(O)OC(=O)[C@@H](NC(=O)[C@@H]2CCCN2C(=O)[C@H](C)NC(=O)[C@H](C)NC(=O)OCC2c3ccccc3-c3ccccc32)C(C)C)CCC2C3C[C@H](C)C4=CC(=O)C=C[C@]4(C)C3[C@@H](O)C[C@@]21C. The van der Waals surface area contributed by atoms with Crippen LogP contribution in [-0.4, -0.2) is 118 Å². The van der Waals surface area contributed by atoms with Gasteiger partial charge in [0.15, 0.2) is 11.4 Å². The number of likely N-dealkylation sites (tertiary alicyclic amines) is 1. The van der Waals surface area contributed by atoms with Crippen LogP contribution in [0.1, 0.15) is 117 Å². The molecule has 4 amide bonds. The Morgan fingerprint density at radius 1 is 0.890 bits per heavy atom. The van der Waals surface area contributed by atoms with Crippen molar-refractivity contribution in [1.82, 2.24) is 20.9 Å². The number of aliphatic hydroxyl groups is 2. The first-order valence-electron chi connectivity index (χ1n) is 25.9. The monoisotopic (exact) mass is 1010 g/mol. The number of ether oxygens (including phenoxy) is 3. The zero-order valence-electron chi connectivity index (χ0n) is 43.0. The summed E-state index contributed by atoms with van der Waals surface area (Å²) in [7, 11) is 0. The van der Waals surface area contributed by atoms with Crippen LogP contribution in [0.2, 0.25) is 0 Å². The number of rotatable bonds is 15. The molecule has 6 aliphatic rings. The highest BCUT2D eigenvalue weighted by molar-refractivity contribution is 6.01. The number of aliphatic hydroxyl groups excluding tert-OH is 2. The summed E-state index contributed by atoms with van der Waals surface area (Å²) in [4.78, 5) is 110. The average molecular weight is 1010 g/mol. The lowest BCUT2D eigenvalue weighted by molar-refractivity contribution is -0.215. The summed E-state index contributed by atoms with van der Waals surface area (Å²) in [5.74, 6) is -6.45. The van der Waals surface area contributed by atoms with Crippen molar-refractivity contribution in [2.75, 3.05) is 13.2 Å². The third-order valence-electron chi connectivity index (χ3n) is 17.2. The summed E-state index contributed by atoms with van der Waals surface area (Å²) >= 11 is 0. The van der Waals surface area contributed by atoms with Gasteiger partial charge in [0.25, 0.3) is 6.29 Å². The molecule has 4 fully saturated rings. The summed E-state index contributed by atoms with van der Waals surface area (Å²) in [6, 6.07) is 11.2. The lowest BCUT2D eigenvalue weighted by atomic mass is 9.44. The van der Waals surface area contributed by atoms with Crippen molar-refractivity contribution in [3.8, 4) is 11.1 Å². The number of hydrogen-bond acceptors (Lipinski definition) is 13. The fraction of sp³-hybridized carbons (Fsp3) is 0.571. The molecule has 0 bridgehead atoms. The van der Waals surface area contributed by atoms with Crippen molar-refractivity contribution in [2.24, 2.45) is 40.4 Å². The molecule has 5 N–H and O–H groups in total. The second-order valence-corrected chi connectivity index (χ2v) is 21.9. The molecular weight excluding hydrogens is 937 g/mol. The quantitative estimate of drug-likeness (QED) is 0.0877. The van der Waals surface area contributed by atoms with Crippen molar-refractivity contribution in [3.63, 3.8) is 0 Å². The van der Waals surface area contributed by atoms with Crippen LogP contribution in [0.5, 0.6) is 0 Å². The highest BCUT2D eigenvalue weighted by Crippen LogP contribution is 2.69. The highest BCUT2D eigenvalue weighted by atomic mass is 16.6. The van der Waals surface area contributed by atoms with Gasteiger partial charge in [0, 0.05) is 35.6 Å². The Kier molecular flexibility index (Phi) is 15.0. The minimum absolute atomic E-state index is 0.00811. The number of Topliss-reactive ketones (excluding diaryl/α,β-unsaturated/α-hetero) is 1. The molecule has 1 aliphatic heterocycles. The molecule has 17 nitrogen and oxygen atoms in total. The second kappa shape index (κ2) is 20.6. The Hall–Kier alpha value is -6.20. The first-order valence-corrected chi connectivity index (χ1v) is 25.9. The molecule has 73 heavy (non-hydrogen) atoms. The average Bonchev–Trinajstić information content (AvgIpc) is 4.05. The van der Waals surface area contributed by atoms with Crippen molar-refractivity contribution < 1.29 is 62.8 Å². The van der Waals surface area contributed by atoms with Crippen LogP contribution in [0.3, 0.4) is 0 Å². The third-order valence-corrected chi connectivity index (χ3v) is 17.2. The number of ketones is 2. The second-order valence-electron chi connectivity index (χ2n) is 21.9. The van der Waals surface area contributed by atoms with Crippen LogP contribution in [-0.2, 0) is 47.8 Å². The van der Waals surface area contributed by atoms with E-state index in [9.17, 15) is 48.6 Å². The molecule has 8 rings (SSSR count). The molecule has 2 aromatic rings. The van der Waals surface area contributed by atoms with E-state index in [-0.39, 0.29) is 74.2 Å². The predicted molar refractivity (Wildman–Crippen MR) is 266 cm³/mol. The molecule has 2 aromatic carbocycles. The summed E-state index contributed by atoms with van der Waals surface area (Å²) < 4.78 is 17.2. The fourth-order valence-electron chi connectivity index (χ4n) is 13.6. The van der Waals surface area contributed by atoms with Gasteiger partial charge in [-0.1, -0.05) is 102 Å². The van der Waals surface area contributed by atoms with Crippen molar-refractivity contribution in [1.29, 1.82) is 0 Å². The zero-order chi connectivity index (χ0) is 52.9. The maximum absolute atomic E-state index is 14.8. The number of hydrogen-bond donors (Lipinski definition) is 5. The molecule has 3 saturated carbocycles. The van der Waals surface area contributed by atoms with E-state index in [0.717, 1.165) is 27.8 Å². The van der Waals surface area contributed by atoms with Crippen LogP contribution < -0.4 is 16.0 Å². The lowest BCUT2D eigenvalue weighted by Crippen LogP contribution is -2.64. The number of benzene rings is 2. The summed E-state index contributed by atoms with van der Waals surface area (Å²) in [5, 5.41) is 31.5. The van der Waals surface area contributed by atoms with Gasteiger partial charge in [-0.2, -0.15) is 0 Å². The number of carbonyl (C=O) groups excluding carboxylic acids is 8. The van der Waals surface area contributed by atoms with Crippen molar-refractivity contribution >= 4 is 47.3 Å². The van der Waals surface area contributed by atoms with Crippen LogP contribution in [0, 0.1) is 40.4 Å². The standard InChI is InChI=1S/C56H70N4O13/c1-9-44(63)73-56(23-21-40-38-25-30(4)41-26-33(61)20-22-54(41,7)45(38)43(62)27-55(40,56)8)47(64)52(69)72-51(68)46(29(2)3)59-49(66)42-19-14-24-60(42)50(67)32(6)57-48(65)31(5)58-53(70)71-28-39-36-17-12-10-15-34(36)35-16-11-13-18-37(35)39/h10-13,15-18,20,22,26,29-32,38-40,42-43,45-46,52,62,69H,9,14,19,21,23-25,27-28H2,1-8H3,(H,57,65)(H,58,70)(H,59,66)/t30-,31-,32-,38?,40?,42-,43-,45?,46-,52?,54-,55-,56-/m0/s1. The molecule has 0 aromatic heterocycles. The smallest absolute Gasteiger partial charge is 0.407 e.